The van der Waals surface area contributed by atoms with E-state index in [0.717, 1.165) is 27.8 Å². The monoisotopic (exact) mass is 639 g/mol. The maximum Gasteiger partial charge on any atom is 0.346 e. The summed E-state index contributed by atoms with van der Waals surface area (Å²) in [6, 6.07) is 29.8. The summed E-state index contributed by atoms with van der Waals surface area (Å²) < 4.78 is 18.0. The molecule has 6 rings (SSSR count). The van der Waals surface area contributed by atoms with Crippen molar-refractivity contribution in [1.82, 2.24) is 5.32 Å². The molecular formula is C36H33NO8S. The maximum atomic E-state index is 12.8. The highest BCUT2D eigenvalue weighted by atomic mass is 32.2. The summed E-state index contributed by atoms with van der Waals surface area (Å²) in [5, 5.41) is 21.9. The first-order valence-electron chi connectivity index (χ1n) is 15.0. The fraction of sp³-hybridized carbons (Fsp3) is 0.250. The van der Waals surface area contributed by atoms with Crippen LogP contribution in [-0.4, -0.2) is 52.3 Å². The molecule has 0 aromatic heterocycles. The largest absolute Gasteiger partial charge is 0.396 e. The highest BCUT2D eigenvalue weighted by molar-refractivity contribution is 7.99. The van der Waals surface area contributed by atoms with Gasteiger partial charge in [-0.1, -0.05) is 78.9 Å². The molecule has 0 aliphatic carbocycles. The quantitative estimate of drug-likeness (QED) is 0.117. The van der Waals surface area contributed by atoms with E-state index in [-0.39, 0.29) is 60.5 Å². The molecule has 0 spiro atoms. The molecule has 4 atom stereocenters. The van der Waals surface area contributed by atoms with Crippen LogP contribution in [0.25, 0.3) is 0 Å². The number of ether oxygens (including phenoxy) is 3. The van der Waals surface area contributed by atoms with Gasteiger partial charge in [0.15, 0.2) is 6.29 Å². The Labute approximate surface area is 270 Å². The van der Waals surface area contributed by atoms with Crippen molar-refractivity contribution in [2.24, 2.45) is 0 Å². The number of benzene rings is 4. The lowest BCUT2D eigenvalue weighted by Crippen LogP contribution is -2.38. The first-order chi connectivity index (χ1) is 22.4. The summed E-state index contributed by atoms with van der Waals surface area (Å²) in [5.74, 6) is -0.720. The van der Waals surface area contributed by atoms with Crippen LogP contribution in [0.15, 0.2) is 97.1 Å². The molecule has 9 nitrogen and oxygen atoms in total. The van der Waals surface area contributed by atoms with E-state index in [1.165, 1.54) is 18.2 Å². The highest BCUT2D eigenvalue weighted by Gasteiger charge is 2.41. The fourth-order valence-corrected chi connectivity index (χ4v) is 6.53. The van der Waals surface area contributed by atoms with E-state index in [2.05, 4.69) is 22.2 Å². The number of esters is 2. The molecule has 10 heteroatoms. The smallest absolute Gasteiger partial charge is 0.346 e. The number of thioether (sulfide) groups is 1. The van der Waals surface area contributed by atoms with Crippen molar-refractivity contribution < 1.29 is 38.8 Å². The number of cyclic esters (lactones) is 2. The third-order valence-electron chi connectivity index (χ3n) is 8.10. The van der Waals surface area contributed by atoms with Gasteiger partial charge >= 0.3 is 11.9 Å². The normalized spacial score (nSPS) is 20.7. The van der Waals surface area contributed by atoms with Crippen LogP contribution < -0.4 is 5.32 Å². The number of carbonyl (C=O) groups is 3. The van der Waals surface area contributed by atoms with E-state index >= 15 is 0 Å². The summed E-state index contributed by atoms with van der Waals surface area (Å²) >= 11 is 1.63. The fourth-order valence-electron chi connectivity index (χ4n) is 5.72. The molecule has 2 heterocycles. The minimum absolute atomic E-state index is 0.0458. The molecule has 4 aromatic carbocycles. The average molecular weight is 640 g/mol. The summed E-state index contributed by atoms with van der Waals surface area (Å²) in [4.78, 5) is 36.4. The van der Waals surface area contributed by atoms with Gasteiger partial charge in [-0.05, 0) is 40.5 Å². The standard InChI is InChI=1S/C36H33NO8S/c38-16-17-46-21-30-31(24-4-2-1-3-5-24)32(25-10-8-23(20-39)9-11-25)44-36(43-30)26-12-6-22(7-13-26)19-37-33(40)27-14-15-28-29(18-27)35(42)45-34(28)41/h1-15,18,30-32,36,38-39H,16-17,19-21H2,(H,37,40). The molecule has 1 saturated heterocycles. The second-order valence-electron chi connectivity index (χ2n) is 11.1. The molecule has 0 saturated carbocycles. The first kappa shape index (κ1) is 31.7. The minimum Gasteiger partial charge on any atom is -0.396 e. The molecule has 2 aliphatic heterocycles. The average Bonchev–Trinajstić information content (AvgIpc) is 3.39. The Hall–Kier alpha value is -4.32. The zero-order chi connectivity index (χ0) is 32.0. The molecule has 1 amide bonds. The highest BCUT2D eigenvalue weighted by Crippen LogP contribution is 2.47. The van der Waals surface area contributed by atoms with Crippen LogP contribution >= 0.6 is 11.8 Å². The third-order valence-corrected chi connectivity index (χ3v) is 9.14. The molecule has 4 aromatic rings. The summed E-state index contributed by atoms with van der Waals surface area (Å²) in [6.45, 7) is 0.272. The van der Waals surface area contributed by atoms with Gasteiger partial charge in [0.05, 0.1) is 36.5 Å². The van der Waals surface area contributed by atoms with Gasteiger partial charge in [0.25, 0.3) is 5.91 Å². The predicted octanol–water partition coefficient (Wildman–Crippen LogP) is 5.08. The minimum atomic E-state index is -0.758. The van der Waals surface area contributed by atoms with Crippen LogP contribution in [0.1, 0.15) is 77.2 Å². The van der Waals surface area contributed by atoms with Crippen LogP contribution in [0.4, 0.5) is 0 Å². The molecule has 4 unspecified atom stereocenters. The van der Waals surface area contributed by atoms with Crippen LogP contribution in [0.3, 0.4) is 0 Å². The Morgan fingerprint density at radius 1 is 0.761 bits per heavy atom. The van der Waals surface area contributed by atoms with Gasteiger partial charge < -0.3 is 29.7 Å². The first-order valence-corrected chi connectivity index (χ1v) is 16.1. The Kier molecular flexibility index (Phi) is 9.91. The Balaban J connectivity index is 1.20. The number of carbonyl (C=O) groups excluding carboxylic acids is 3. The van der Waals surface area contributed by atoms with E-state index < -0.39 is 18.2 Å². The second kappa shape index (κ2) is 14.4. The van der Waals surface area contributed by atoms with E-state index in [0.29, 0.717) is 11.5 Å². The van der Waals surface area contributed by atoms with Crippen molar-refractivity contribution in [2.45, 2.75) is 37.6 Å². The van der Waals surface area contributed by atoms with Crippen molar-refractivity contribution in [3.63, 3.8) is 0 Å². The number of aliphatic hydroxyl groups excluding tert-OH is 2. The zero-order valence-corrected chi connectivity index (χ0v) is 25.7. The van der Waals surface area contributed by atoms with Gasteiger partial charge in [-0.2, -0.15) is 11.8 Å². The third kappa shape index (κ3) is 6.91. The molecule has 1 fully saturated rings. The van der Waals surface area contributed by atoms with E-state index in [1.54, 1.807) is 11.8 Å². The van der Waals surface area contributed by atoms with Crippen molar-refractivity contribution >= 4 is 29.6 Å². The van der Waals surface area contributed by atoms with Crippen LogP contribution in [0.2, 0.25) is 0 Å². The zero-order valence-electron chi connectivity index (χ0n) is 24.8. The summed E-state index contributed by atoms with van der Waals surface area (Å²) in [5.41, 5.74) is 5.02. The molecule has 2 aliphatic rings. The lowest BCUT2D eigenvalue weighted by molar-refractivity contribution is -0.255. The number of amides is 1. The molecule has 46 heavy (non-hydrogen) atoms. The number of aliphatic hydroxyl groups is 2. The predicted molar refractivity (Wildman–Crippen MR) is 171 cm³/mol. The molecule has 0 radical (unpaired) electrons. The number of hydrogen-bond donors (Lipinski definition) is 3. The molecule has 236 valence electrons. The van der Waals surface area contributed by atoms with Gasteiger partial charge in [-0.15, -0.1) is 0 Å². The Bertz CT molecular complexity index is 1690. The summed E-state index contributed by atoms with van der Waals surface area (Å²) in [7, 11) is 0. The number of fused-ring (bicyclic) bond motifs is 1. The molecular weight excluding hydrogens is 606 g/mol. The van der Waals surface area contributed by atoms with Crippen molar-refractivity contribution in [3.8, 4) is 0 Å². The lowest BCUT2D eigenvalue weighted by Gasteiger charge is -2.43. The van der Waals surface area contributed by atoms with E-state index in [1.807, 2.05) is 66.7 Å². The van der Waals surface area contributed by atoms with Crippen molar-refractivity contribution in [1.29, 1.82) is 0 Å². The number of rotatable bonds is 11. The van der Waals surface area contributed by atoms with Gasteiger partial charge in [-0.25, -0.2) is 9.59 Å². The summed E-state index contributed by atoms with van der Waals surface area (Å²) in [6.07, 6.45) is -1.23. The van der Waals surface area contributed by atoms with Gasteiger partial charge in [-0.3, -0.25) is 4.79 Å². The van der Waals surface area contributed by atoms with Crippen molar-refractivity contribution in [3.05, 3.63) is 142 Å². The van der Waals surface area contributed by atoms with Gasteiger partial charge in [0.2, 0.25) is 0 Å². The Morgan fingerprint density at radius 3 is 2.17 bits per heavy atom. The second-order valence-corrected chi connectivity index (χ2v) is 12.2. The van der Waals surface area contributed by atoms with Crippen molar-refractivity contribution in [2.75, 3.05) is 18.1 Å². The van der Waals surface area contributed by atoms with E-state index in [4.69, 9.17) is 9.47 Å². The Morgan fingerprint density at radius 2 is 1.46 bits per heavy atom. The maximum absolute atomic E-state index is 12.8. The topological polar surface area (TPSA) is 131 Å². The molecule has 3 N–H and O–H groups in total. The van der Waals surface area contributed by atoms with Gasteiger partial charge in [0.1, 0.15) is 0 Å². The number of hydrogen-bond acceptors (Lipinski definition) is 9. The SMILES string of the molecule is O=C(NCc1ccc(C2OC(CSCCO)C(c3ccccc3)C(c3ccc(CO)cc3)O2)cc1)c1ccc2c(c1)C(=O)OC2=O. The molecule has 0 bridgehead atoms. The van der Waals surface area contributed by atoms with Crippen LogP contribution in [0.5, 0.6) is 0 Å². The number of nitrogens with one attached hydrogen (secondary N) is 1. The van der Waals surface area contributed by atoms with Crippen LogP contribution in [-0.2, 0) is 27.4 Å². The van der Waals surface area contributed by atoms with Crippen LogP contribution in [0, 0.1) is 0 Å². The van der Waals surface area contributed by atoms with E-state index in [9.17, 15) is 24.6 Å². The van der Waals surface area contributed by atoms with Gasteiger partial charge in [0, 0.05) is 35.1 Å². The lowest BCUT2D eigenvalue weighted by atomic mass is 9.84.